The molecule has 1 unspecified atom stereocenters. The lowest BCUT2D eigenvalue weighted by Crippen LogP contribution is -2.27. The molecule has 1 fully saturated rings. The van der Waals surface area contributed by atoms with E-state index in [1.54, 1.807) is 10.7 Å². The van der Waals surface area contributed by atoms with E-state index in [1.165, 1.54) is 18.9 Å². The number of halogens is 1. The van der Waals surface area contributed by atoms with Crippen LogP contribution < -0.4 is 5.32 Å². The minimum Gasteiger partial charge on any atom is -0.314 e. The summed E-state index contributed by atoms with van der Waals surface area (Å²) in [7, 11) is 1.87. The Hall–Kier alpha value is -1.75. The first-order chi connectivity index (χ1) is 10.2. The van der Waals surface area contributed by atoms with E-state index in [1.807, 2.05) is 25.4 Å². The van der Waals surface area contributed by atoms with Crippen molar-refractivity contribution in [3.05, 3.63) is 47.5 Å². The molecule has 1 aromatic carbocycles. The van der Waals surface area contributed by atoms with Gasteiger partial charge in [0.2, 0.25) is 0 Å². The molecule has 0 saturated heterocycles. The van der Waals surface area contributed by atoms with Crippen molar-refractivity contribution in [2.24, 2.45) is 13.0 Å². The quantitative estimate of drug-likeness (QED) is 0.848. The van der Waals surface area contributed by atoms with Crippen molar-refractivity contribution in [3.63, 3.8) is 0 Å². The summed E-state index contributed by atoms with van der Waals surface area (Å²) < 4.78 is 15.6. The molecule has 0 spiro atoms. The average Bonchev–Trinajstić information content (AvgIpc) is 3.21. The summed E-state index contributed by atoms with van der Waals surface area (Å²) in [6.07, 6.45) is 6.01. The third-order valence-electron chi connectivity index (χ3n) is 3.89. The summed E-state index contributed by atoms with van der Waals surface area (Å²) in [6.45, 7) is 0.898. The SMILES string of the molecule is Cn1cc(CC(CNC2CC2)Cc2ccccc2F)nn1. The molecule has 21 heavy (non-hydrogen) atoms. The maximum Gasteiger partial charge on any atom is 0.126 e. The molecule has 1 saturated carbocycles. The van der Waals surface area contributed by atoms with Crippen LogP contribution >= 0.6 is 0 Å². The summed E-state index contributed by atoms with van der Waals surface area (Å²) in [5.41, 5.74) is 1.75. The molecule has 1 N–H and O–H groups in total. The monoisotopic (exact) mass is 288 g/mol. The van der Waals surface area contributed by atoms with Crippen molar-refractivity contribution in [2.45, 2.75) is 31.7 Å². The highest BCUT2D eigenvalue weighted by atomic mass is 19.1. The maximum absolute atomic E-state index is 13.9. The normalized spacial score (nSPS) is 16.1. The second-order valence-corrected chi connectivity index (χ2v) is 5.93. The highest BCUT2D eigenvalue weighted by Gasteiger charge is 2.23. The molecule has 5 heteroatoms. The van der Waals surface area contributed by atoms with Gasteiger partial charge in [-0.15, -0.1) is 5.10 Å². The average molecular weight is 288 g/mol. The largest absolute Gasteiger partial charge is 0.314 e. The van der Waals surface area contributed by atoms with Gasteiger partial charge in [0.25, 0.3) is 0 Å². The molecule has 1 heterocycles. The Balaban J connectivity index is 1.67. The van der Waals surface area contributed by atoms with Crippen LogP contribution in [0.2, 0.25) is 0 Å². The van der Waals surface area contributed by atoms with E-state index in [4.69, 9.17) is 0 Å². The fourth-order valence-electron chi connectivity index (χ4n) is 2.60. The molecule has 3 rings (SSSR count). The van der Waals surface area contributed by atoms with Crippen LogP contribution in [-0.2, 0) is 19.9 Å². The van der Waals surface area contributed by atoms with Gasteiger partial charge in [0, 0.05) is 19.3 Å². The Morgan fingerprint density at radius 1 is 1.33 bits per heavy atom. The van der Waals surface area contributed by atoms with Crippen LogP contribution in [0.3, 0.4) is 0 Å². The third kappa shape index (κ3) is 4.11. The lowest BCUT2D eigenvalue weighted by Gasteiger charge is -2.17. The first kappa shape index (κ1) is 14.2. The van der Waals surface area contributed by atoms with Crippen molar-refractivity contribution >= 4 is 0 Å². The number of aryl methyl sites for hydroxylation is 1. The van der Waals surface area contributed by atoms with Gasteiger partial charge in [0.15, 0.2) is 0 Å². The smallest absolute Gasteiger partial charge is 0.126 e. The highest BCUT2D eigenvalue weighted by molar-refractivity contribution is 5.18. The lowest BCUT2D eigenvalue weighted by atomic mass is 9.94. The van der Waals surface area contributed by atoms with Crippen molar-refractivity contribution in [2.75, 3.05) is 6.54 Å². The Kier molecular flexibility index (Phi) is 4.29. The summed E-state index contributed by atoms with van der Waals surface area (Å²) in [5.74, 6) is 0.215. The number of nitrogens with zero attached hydrogens (tertiary/aromatic N) is 3. The van der Waals surface area contributed by atoms with Gasteiger partial charge in [-0.05, 0) is 49.8 Å². The summed E-state index contributed by atoms with van der Waals surface area (Å²) in [5, 5.41) is 11.7. The van der Waals surface area contributed by atoms with Crippen LogP contribution in [0.1, 0.15) is 24.1 Å². The van der Waals surface area contributed by atoms with Gasteiger partial charge in [0.05, 0.1) is 5.69 Å². The van der Waals surface area contributed by atoms with E-state index in [9.17, 15) is 4.39 Å². The van der Waals surface area contributed by atoms with Gasteiger partial charge in [-0.25, -0.2) is 4.39 Å². The van der Waals surface area contributed by atoms with E-state index in [0.717, 1.165) is 30.6 Å². The second kappa shape index (κ2) is 6.35. The van der Waals surface area contributed by atoms with E-state index in [2.05, 4.69) is 15.6 Å². The van der Waals surface area contributed by atoms with E-state index < -0.39 is 0 Å². The van der Waals surface area contributed by atoms with Crippen molar-refractivity contribution in [1.82, 2.24) is 20.3 Å². The van der Waals surface area contributed by atoms with E-state index >= 15 is 0 Å². The molecule has 4 nitrogen and oxygen atoms in total. The Morgan fingerprint density at radius 2 is 2.14 bits per heavy atom. The molecular weight excluding hydrogens is 267 g/mol. The molecule has 112 valence electrons. The molecular formula is C16H21FN4. The zero-order valence-corrected chi connectivity index (χ0v) is 12.3. The fourth-order valence-corrected chi connectivity index (χ4v) is 2.60. The van der Waals surface area contributed by atoms with E-state index in [0.29, 0.717) is 12.0 Å². The van der Waals surface area contributed by atoms with Gasteiger partial charge < -0.3 is 5.32 Å². The molecule has 0 aliphatic heterocycles. The van der Waals surface area contributed by atoms with Crippen LogP contribution in [0.4, 0.5) is 4.39 Å². The van der Waals surface area contributed by atoms with Crippen LogP contribution in [0.15, 0.2) is 30.5 Å². The molecule has 2 aromatic rings. The zero-order chi connectivity index (χ0) is 14.7. The summed E-state index contributed by atoms with van der Waals surface area (Å²) in [6, 6.07) is 7.69. The number of hydrogen-bond donors (Lipinski definition) is 1. The van der Waals surface area contributed by atoms with Crippen molar-refractivity contribution in [3.8, 4) is 0 Å². The van der Waals surface area contributed by atoms with E-state index in [-0.39, 0.29) is 5.82 Å². The summed E-state index contributed by atoms with van der Waals surface area (Å²) in [4.78, 5) is 0. The Bertz CT molecular complexity index is 591. The van der Waals surface area contributed by atoms with Crippen molar-refractivity contribution in [1.29, 1.82) is 0 Å². The standard InChI is InChI=1S/C16H21FN4/c1-21-11-15(19-20-21)9-12(10-18-14-6-7-14)8-13-4-2-3-5-16(13)17/h2-5,11-12,14,18H,6-10H2,1H3. The lowest BCUT2D eigenvalue weighted by molar-refractivity contribution is 0.455. The second-order valence-electron chi connectivity index (χ2n) is 5.93. The molecule has 1 aliphatic rings. The van der Waals surface area contributed by atoms with Crippen LogP contribution in [0.25, 0.3) is 0 Å². The molecule has 1 aromatic heterocycles. The summed E-state index contributed by atoms with van der Waals surface area (Å²) >= 11 is 0. The number of hydrogen-bond acceptors (Lipinski definition) is 3. The molecule has 0 radical (unpaired) electrons. The highest BCUT2D eigenvalue weighted by Crippen LogP contribution is 2.21. The van der Waals surface area contributed by atoms with Gasteiger partial charge in [-0.3, -0.25) is 4.68 Å². The molecule has 1 atom stereocenters. The topological polar surface area (TPSA) is 42.7 Å². The van der Waals surface area contributed by atoms with Gasteiger partial charge in [0.1, 0.15) is 5.82 Å². The number of nitrogens with one attached hydrogen (secondary N) is 1. The Labute approximate surface area is 124 Å². The number of benzene rings is 1. The van der Waals surface area contributed by atoms with Crippen LogP contribution in [0, 0.1) is 11.7 Å². The van der Waals surface area contributed by atoms with Gasteiger partial charge in [-0.1, -0.05) is 23.4 Å². The predicted octanol–water partition coefficient (Wildman–Crippen LogP) is 2.11. The number of rotatable bonds is 7. The molecule has 0 amide bonds. The zero-order valence-electron chi connectivity index (χ0n) is 12.3. The molecule has 1 aliphatic carbocycles. The first-order valence-electron chi connectivity index (χ1n) is 7.52. The maximum atomic E-state index is 13.9. The first-order valence-corrected chi connectivity index (χ1v) is 7.52. The Morgan fingerprint density at radius 3 is 2.81 bits per heavy atom. The minimum absolute atomic E-state index is 0.118. The minimum atomic E-state index is -0.118. The van der Waals surface area contributed by atoms with Crippen LogP contribution in [0.5, 0.6) is 0 Å². The van der Waals surface area contributed by atoms with Gasteiger partial charge >= 0.3 is 0 Å². The van der Waals surface area contributed by atoms with Crippen LogP contribution in [-0.4, -0.2) is 27.6 Å². The predicted molar refractivity (Wildman–Crippen MR) is 79.3 cm³/mol. The fraction of sp³-hybridized carbons (Fsp3) is 0.500. The van der Waals surface area contributed by atoms with Crippen molar-refractivity contribution < 1.29 is 4.39 Å². The molecule has 0 bridgehead atoms. The van der Waals surface area contributed by atoms with Gasteiger partial charge in [-0.2, -0.15) is 0 Å². The number of aromatic nitrogens is 3. The third-order valence-corrected chi connectivity index (χ3v) is 3.89.